The van der Waals surface area contributed by atoms with Crippen LogP contribution in [0.2, 0.25) is 5.02 Å². The third-order valence-corrected chi connectivity index (χ3v) is 1.42. The lowest BCUT2D eigenvalue weighted by Gasteiger charge is -1.99. The number of nitrogen functional groups attached to an aromatic ring is 1. The molecule has 1 aromatic rings. The summed E-state index contributed by atoms with van der Waals surface area (Å²) in [6.45, 7) is 1.41. The van der Waals surface area contributed by atoms with Crippen molar-refractivity contribution in [1.29, 1.82) is 0 Å². The van der Waals surface area contributed by atoms with Crippen LogP contribution in [0.5, 0.6) is 0 Å². The van der Waals surface area contributed by atoms with Gasteiger partial charge in [0, 0.05) is 13.1 Å². The van der Waals surface area contributed by atoms with Crippen molar-refractivity contribution >= 4 is 23.1 Å². The summed E-state index contributed by atoms with van der Waals surface area (Å²) in [4.78, 5) is 14.6. The molecule has 0 atom stereocenters. The molecule has 3 nitrogen and oxygen atoms in total. The van der Waals surface area contributed by atoms with Crippen molar-refractivity contribution in [3.05, 3.63) is 23.0 Å². The average molecular weight is 171 g/mol. The van der Waals surface area contributed by atoms with Gasteiger partial charge in [0.2, 0.25) is 0 Å². The first-order valence-corrected chi connectivity index (χ1v) is 3.41. The molecule has 0 radical (unpaired) electrons. The molecule has 0 aliphatic heterocycles. The number of rotatable bonds is 1. The molecule has 58 valence electrons. The zero-order chi connectivity index (χ0) is 8.43. The fourth-order valence-electron chi connectivity index (χ4n) is 0.749. The zero-order valence-corrected chi connectivity index (χ0v) is 6.72. The number of anilines is 1. The van der Waals surface area contributed by atoms with Crippen LogP contribution in [0.3, 0.4) is 0 Å². The standard InChI is InChI=1S/C7H7ClN2O/c1-4(11)7-6(9)2-5(8)3-10-7/h2-3H,9H2,1H3. The van der Waals surface area contributed by atoms with Crippen LogP contribution in [0.15, 0.2) is 12.3 Å². The molecular formula is C7H7ClN2O. The summed E-state index contributed by atoms with van der Waals surface area (Å²) < 4.78 is 0. The van der Waals surface area contributed by atoms with E-state index < -0.39 is 0 Å². The van der Waals surface area contributed by atoms with Crippen molar-refractivity contribution in [2.45, 2.75) is 6.92 Å². The Bertz CT molecular complexity index is 298. The van der Waals surface area contributed by atoms with Gasteiger partial charge < -0.3 is 5.73 Å². The first-order valence-electron chi connectivity index (χ1n) is 3.03. The van der Waals surface area contributed by atoms with Gasteiger partial charge in [-0.1, -0.05) is 11.6 Å². The predicted molar refractivity (Wildman–Crippen MR) is 43.7 cm³/mol. The highest BCUT2D eigenvalue weighted by Gasteiger charge is 2.05. The van der Waals surface area contributed by atoms with Crippen LogP contribution >= 0.6 is 11.6 Å². The van der Waals surface area contributed by atoms with E-state index in [4.69, 9.17) is 17.3 Å². The molecule has 0 bridgehead atoms. The summed E-state index contributed by atoms with van der Waals surface area (Å²) in [7, 11) is 0. The van der Waals surface area contributed by atoms with Crippen LogP contribution in [0.1, 0.15) is 17.4 Å². The van der Waals surface area contributed by atoms with Crippen LogP contribution in [0, 0.1) is 0 Å². The van der Waals surface area contributed by atoms with Gasteiger partial charge in [-0.15, -0.1) is 0 Å². The Morgan fingerprint density at radius 2 is 2.36 bits per heavy atom. The summed E-state index contributed by atoms with van der Waals surface area (Å²) in [6, 6.07) is 1.51. The number of aromatic nitrogens is 1. The minimum absolute atomic E-state index is 0.154. The van der Waals surface area contributed by atoms with Crippen LogP contribution in [-0.2, 0) is 0 Å². The number of halogens is 1. The summed E-state index contributed by atoms with van der Waals surface area (Å²) in [6.07, 6.45) is 1.40. The molecule has 1 heterocycles. The molecule has 0 saturated carbocycles. The van der Waals surface area contributed by atoms with Gasteiger partial charge in [-0.3, -0.25) is 4.79 Å². The minimum Gasteiger partial charge on any atom is -0.397 e. The van der Waals surface area contributed by atoms with Crippen molar-refractivity contribution in [3.63, 3.8) is 0 Å². The average Bonchev–Trinajstić information content (AvgIpc) is 1.85. The van der Waals surface area contributed by atoms with Gasteiger partial charge in [0.25, 0.3) is 0 Å². The van der Waals surface area contributed by atoms with Gasteiger partial charge in [0.05, 0.1) is 10.7 Å². The summed E-state index contributed by atoms with van der Waals surface area (Å²) in [5.41, 5.74) is 6.05. The van der Waals surface area contributed by atoms with E-state index in [0.29, 0.717) is 10.7 Å². The topological polar surface area (TPSA) is 56.0 Å². The molecule has 0 aliphatic rings. The van der Waals surface area contributed by atoms with E-state index in [2.05, 4.69) is 4.98 Å². The van der Waals surface area contributed by atoms with Crippen LogP contribution in [0.4, 0.5) is 5.69 Å². The molecule has 0 spiro atoms. The Morgan fingerprint density at radius 3 is 2.82 bits per heavy atom. The number of hydrogen-bond acceptors (Lipinski definition) is 3. The van der Waals surface area contributed by atoms with E-state index in [0.717, 1.165) is 0 Å². The maximum atomic E-state index is 10.8. The fourth-order valence-corrected chi connectivity index (χ4v) is 0.915. The van der Waals surface area contributed by atoms with Crippen LogP contribution in [0.25, 0.3) is 0 Å². The van der Waals surface area contributed by atoms with E-state index in [1.165, 1.54) is 19.2 Å². The van der Waals surface area contributed by atoms with Crippen molar-refractivity contribution in [2.24, 2.45) is 0 Å². The van der Waals surface area contributed by atoms with Crippen molar-refractivity contribution < 1.29 is 4.79 Å². The predicted octanol–water partition coefficient (Wildman–Crippen LogP) is 1.52. The SMILES string of the molecule is CC(=O)c1ncc(Cl)cc1N. The lowest BCUT2D eigenvalue weighted by molar-refractivity contribution is 0.101. The number of Topliss-reactive ketones (excluding diaryl/α,β-unsaturated/α-hetero) is 1. The third kappa shape index (κ3) is 1.68. The first kappa shape index (κ1) is 8.01. The lowest BCUT2D eigenvalue weighted by Crippen LogP contribution is -2.02. The highest BCUT2D eigenvalue weighted by molar-refractivity contribution is 6.30. The molecule has 2 N–H and O–H groups in total. The van der Waals surface area contributed by atoms with E-state index in [1.54, 1.807) is 0 Å². The van der Waals surface area contributed by atoms with Crippen LogP contribution in [-0.4, -0.2) is 10.8 Å². The maximum Gasteiger partial charge on any atom is 0.180 e. The van der Waals surface area contributed by atoms with Gasteiger partial charge >= 0.3 is 0 Å². The molecular weight excluding hydrogens is 164 g/mol. The second-order valence-corrected chi connectivity index (χ2v) is 2.58. The number of carbonyl (C=O) groups excluding carboxylic acids is 1. The zero-order valence-electron chi connectivity index (χ0n) is 5.97. The Kier molecular flexibility index (Phi) is 2.10. The van der Waals surface area contributed by atoms with Crippen molar-refractivity contribution in [1.82, 2.24) is 4.98 Å². The molecule has 0 amide bonds. The minimum atomic E-state index is -0.154. The third-order valence-electron chi connectivity index (χ3n) is 1.22. The number of hydrogen-bond donors (Lipinski definition) is 1. The van der Waals surface area contributed by atoms with E-state index in [-0.39, 0.29) is 11.5 Å². The Labute approximate surface area is 69.2 Å². The number of ketones is 1. The lowest BCUT2D eigenvalue weighted by atomic mass is 10.2. The molecule has 1 aromatic heterocycles. The molecule has 4 heteroatoms. The van der Waals surface area contributed by atoms with Crippen molar-refractivity contribution in [2.75, 3.05) is 5.73 Å². The first-order chi connectivity index (χ1) is 5.11. The Morgan fingerprint density at radius 1 is 1.73 bits per heavy atom. The number of carbonyl (C=O) groups is 1. The molecule has 0 aromatic carbocycles. The molecule has 11 heavy (non-hydrogen) atoms. The van der Waals surface area contributed by atoms with E-state index in [9.17, 15) is 4.79 Å². The quantitative estimate of drug-likeness (QED) is 0.651. The number of nitrogens with zero attached hydrogens (tertiary/aromatic N) is 1. The highest BCUT2D eigenvalue weighted by atomic mass is 35.5. The number of pyridine rings is 1. The number of nitrogens with two attached hydrogens (primary N) is 1. The molecule has 0 fully saturated rings. The fraction of sp³-hybridized carbons (Fsp3) is 0.143. The van der Waals surface area contributed by atoms with Crippen molar-refractivity contribution in [3.8, 4) is 0 Å². The van der Waals surface area contributed by atoms with Gasteiger partial charge in [-0.05, 0) is 6.07 Å². The van der Waals surface area contributed by atoms with Crippen LogP contribution < -0.4 is 5.73 Å². The molecule has 0 saturated heterocycles. The molecule has 0 aliphatic carbocycles. The summed E-state index contributed by atoms with van der Waals surface area (Å²) in [5, 5.41) is 0.438. The summed E-state index contributed by atoms with van der Waals surface area (Å²) >= 11 is 5.57. The van der Waals surface area contributed by atoms with Gasteiger partial charge in [0.15, 0.2) is 5.78 Å². The Balaban J connectivity index is 3.20. The van der Waals surface area contributed by atoms with Gasteiger partial charge in [-0.25, -0.2) is 4.98 Å². The summed E-state index contributed by atoms with van der Waals surface area (Å²) in [5.74, 6) is -0.154. The largest absolute Gasteiger partial charge is 0.397 e. The smallest absolute Gasteiger partial charge is 0.180 e. The molecule has 0 unspecified atom stereocenters. The Hall–Kier alpha value is -1.09. The van der Waals surface area contributed by atoms with Gasteiger partial charge in [0.1, 0.15) is 5.69 Å². The highest BCUT2D eigenvalue weighted by Crippen LogP contribution is 2.14. The monoisotopic (exact) mass is 170 g/mol. The molecule has 1 rings (SSSR count). The normalized spacial score (nSPS) is 9.64. The maximum absolute atomic E-state index is 10.8. The second kappa shape index (κ2) is 2.88. The van der Waals surface area contributed by atoms with E-state index in [1.807, 2.05) is 0 Å². The van der Waals surface area contributed by atoms with E-state index >= 15 is 0 Å². The van der Waals surface area contributed by atoms with Gasteiger partial charge in [-0.2, -0.15) is 0 Å². The second-order valence-electron chi connectivity index (χ2n) is 2.15.